The number of benzene rings is 1. The van der Waals surface area contributed by atoms with Gasteiger partial charge in [0, 0.05) is 19.7 Å². The SMILES string of the molecule is COCC(O)CN[C@H](C)c1ccccc1C. The maximum atomic E-state index is 9.53. The Labute approximate surface area is 97.4 Å². The number of aliphatic hydroxyl groups excluding tert-OH is 1. The number of hydrogen-bond donors (Lipinski definition) is 2. The highest BCUT2D eigenvalue weighted by atomic mass is 16.5. The molecule has 0 aliphatic carbocycles. The van der Waals surface area contributed by atoms with Gasteiger partial charge in [-0.1, -0.05) is 24.3 Å². The zero-order chi connectivity index (χ0) is 12.0. The molecule has 0 heterocycles. The Morgan fingerprint density at radius 1 is 1.38 bits per heavy atom. The summed E-state index contributed by atoms with van der Waals surface area (Å²) in [7, 11) is 1.59. The zero-order valence-corrected chi connectivity index (χ0v) is 10.2. The molecule has 1 aromatic carbocycles. The monoisotopic (exact) mass is 223 g/mol. The Balaban J connectivity index is 2.46. The van der Waals surface area contributed by atoms with Crippen LogP contribution in [0, 0.1) is 6.92 Å². The van der Waals surface area contributed by atoms with E-state index in [4.69, 9.17) is 4.74 Å². The predicted molar refractivity (Wildman–Crippen MR) is 65.5 cm³/mol. The molecule has 90 valence electrons. The maximum Gasteiger partial charge on any atom is 0.0897 e. The lowest BCUT2D eigenvalue weighted by Crippen LogP contribution is -2.32. The van der Waals surface area contributed by atoms with Gasteiger partial charge in [0.05, 0.1) is 12.7 Å². The summed E-state index contributed by atoms with van der Waals surface area (Å²) in [4.78, 5) is 0. The Morgan fingerprint density at radius 3 is 2.69 bits per heavy atom. The third kappa shape index (κ3) is 3.93. The van der Waals surface area contributed by atoms with Crippen molar-refractivity contribution in [3.8, 4) is 0 Å². The van der Waals surface area contributed by atoms with Crippen LogP contribution in [0.1, 0.15) is 24.1 Å². The maximum absolute atomic E-state index is 9.53. The van der Waals surface area contributed by atoms with Crippen LogP contribution in [0.4, 0.5) is 0 Å². The van der Waals surface area contributed by atoms with Crippen molar-refractivity contribution in [2.45, 2.75) is 26.0 Å². The summed E-state index contributed by atoms with van der Waals surface area (Å²) < 4.78 is 4.88. The molecule has 1 unspecified atom stereocenters. The number of aliphatic hydroxyl groups is 1. The van der Waals surface area contributed by atoms with Crippen LogP contribution in [-0.4, -0.2) is 31.5 Å². The van der Waals surface area contributed by atoms with Gasteiger partial charge in [0.1, 0.15) is 0 Å². The lowest BCUT2D eigenvalue weighted by atomic mass is 10.0. The molecule has 3 nitrogen and oxygen atoms in total. The van der Waals surface area contributed by atoms with Crippen molar-refractivity contribution in [1.82, 2.24) is 5.32 Å². The van der Waals surface area contributed by atoms with E-state index in [9.17, 15) is 5.11 Å². The largest absolute Gasteiger partial charge is 0.389 e. The highest BCUT2D eigenvalue weighted by Crippen LogP contribution is 2.16. The molecule has 3 heteroatoms. The molecule has 0 radical (unpaired) electrons. The number of hydrogen-bond acceptors (Lipinski definition) is 3. The second-order valence-corrected chi connectivity index (χ2v) is 4.10. The molecule has 0 spiro atoms. The normalized spacial score (nSPS) is 14.8. The van der Waals surface area contributed by atoms with E-state index in [1.165, 1.54) is 11.1 Å². The lowest BCUT2D eigenvalue weighted by Gasteiger charge is -2.18. The summed E-state index contributed by atoms with van der Waals surface area (Å²) in [5, 5.41) is 12.8. The fourth-order valence-electron chi connectivity index (χ4n) is 1.75. The van der Waals surface area contributed by atoms with Gasteiger partial charge in [-0.05, 0) is 25.0 Å². The van der Waals surface area contributed by atoms with E-state index in [2.05, 4.69) is 31.3 Å². The number of methoxy groups -OCH3 is 1. The Kier molecular flexibility index (Phi) is 5.46. The van der Waals surface area contributed by atoms with Crippen LogP contribution in [0.5, 0.6) is 0 Å². The topological polar surface area (TPSA) is 41.5 Å². The van der Waals surface area contributed by atoms with Gasteiger partial charge in [0.2, 0.25) is 0 Å². The highest BCUT2D eigenvalue weighted by Gasteiger charge is 2.09. The standard InChI is InChI=1S/C13H21NO2/c1-10-6-4-5-7-13(10)11(2)14-8-12(15)9-16-3/h4-7,11-12,14-15H,8-9H2,1-3H3/t11-,12?/m1/s1. The second kappa shape index (κ2) is 6.63. The molecule has 0 bridgehead atoms. The van der Waals surface area contributed by atoms with E-state index in [0.717, 1.165) is 0 Å². The van der Waals surface area contributed by atoms with Gasteiger partial charge >= 0.3 is 0 Å². The van der Waals surface area contributed by atoms with Crippen molar-refractivity contribution in [2.75, 3.05) is 20.3 Å². The predicted octanol–water partition coefficient (Wildman–Crippen LogP) is 1.65. The first-order valence-electron chi connectivity index (χ1n) is 5.61. The van der Waals surface area contributed by atoms with Crippen molar-refractivity contribution in [2.24, 2.45) is 0 Å². The van der Waals surface area contributed by atoms with Gasteiger partial charge in [0.25, 0.3) is 0 Å². The Bertz CT molecular complexity index is 315. The van der Waals surface area contributed by atoms with Crippen molar-refractivity contribution < 1.29 is 9.84 Å². The molecular formula is C13H21NO2. The molecule has 0 fully saturated rings. The molecule has 1 aromatic rings. The second-order valence-electron chi connectivity index (χ2n) is 4.10. The molecule has 0 aliphatic heterocycles. The molecule has 2 atom stereocenters. The number of rotatable bonds is 6. The highest BCUT2D eigenvalue weighted by molar-refractivity contribution is 5.28. The van der Waals surface area contributed by atoms with Crippen molar-refractivity contribution in [3.63, 3.8) is 0 Å². The van der Waals surface area contributed by atoms with Gasteiger partial charge in [-0.25, -0.2) is 0 Å². The first kappa shape index (κ1) is 13.2. The summed E-state index contributed by atoms with van der Waals surface area (Å²) in [6, 6.07) is 8.51. The fourth-order valence-corrected chi connectivity index (χ4v) is 1.75. The Morgan fingerprint density at radius 2 is 2.06 bits per heavy atom. The molecule has 0 aromatic heterocycles. The molecule has 0 aliphatic rings. The van der Waals surface area contributed by atoms with Gasteiger partial charge in [-0.3, -0.25) is 0 Å². The zero-order valence-electron chi connectivity index (χ0n) is 10.2. The molecular weight excluding hydrogens is 202 g/mol. The average Bonchev–Trinajstić information content (AvgIpc) is 2.27. The quantitative estimate of drug-likeness (QED) is 0.770. The summed E-state index contributed by atoms with van der Waals surface area (Å²) >= 11 is 0. The minimum Gasteiger partial charge on any atom is -0.389 e. The minimum absolute atomic E-state index is 0.243. The summed E-state index contributed by atoms with van der Waals surface area (Å²) in [6.45, 7) is 5.11. The summed E-state index contributed by atoms with van der Waals surface area (Å²) in [5.74, 6) is 0. The van der Waals surface area contributed by atoms with E-state index in [0.29, 0.717) is 13.2 Å². The first-order chi connectivity index (χ1) is 7.65. The molecule has 0 saturated heterocycles. The van der Waals surface area contributed by atoms with E-state index in [-0.39, 0.29) is 6.04 Å². The molecule has 0 saturated carbocycles. The van der Waals surface area contributed by atoms with Crippen molar-refractivity contribution >= 4 is 0 Å². The van der Waals surface area contributed by atoms with Crippen LogP contribution in [0.15, 0.2) is 24.3 Å². The fraction of sp³-hybridized carbons (Fsp3) is 0.538. The first-order valence-corrected chi connectivity index (χ1v) is 5.61. The minimum atomic E-state index is -0.448. The van der Waals surface area contributed by atoms with Crippen LogP contribution in [0.3, 0.4) is 0 Å². The van der Waals surface area contributed by atoms with Crippen LogP contribution in [-0.2, 0) is 4.74 Å². The number of nitrogens with one attached hydrogen (secondary N) is 1. The van der Waals surface area contributed by atoms with E-state index in [1.807, 2.05) is 12.1 Å². The van der Waals surface area contributed by atoms with Crippen LogP contribution in [0.25, 0.3) is 0 Å². The summed E-state index contributed by atoms with van der Waals surface area (Å²) in [5.41, 5.74) is 2.54. The van der Waals surface area contributed by atoms with Crippen LogP contribution < -0.4 is 5.32 Å². The van der Waals surface area contributed by atoms with Gasteiger partial charge < -0.3 is 15.2 Å². The van der Waals surface area contributed by atoms with Crippen LogP contribution >= 0.6 is 0 Å². The Hall–Kier alpha value is -0.900. The molecule has 16 heavy (non-hydrogen) atoms. The molecule has 2 N–H and O–H groups in total. The molecule has 0 amide bonds. The lowest BCUT2D eigenvalue weighted by molar-refractivity contribution is 0.0630. The smallest absolute Gasteiger partial charge is 0.0897 e. The van der Waals surface area contributed by atoms with E-state index < -0.39 is 6.10 Å². The van der Waals surface area contributed by atoms with Gasteiger partial charge in [-0.15, -0.1) is 0 Å². The van der Waals surface area contributed by atoms with E-state index >= 15 is 0 Å². The van der Waals surface area contributed by atoms with Gasteiger partial charge in [0.15, 0.2) is 0 Å². The summed E-state index contributed by atoms with van der Waals surface area (Å²) in [6.07, 6.45) is -0.448. The third-order valence-electron chi connectivity index (χ3n) is 2.67. The van der Waals surface area contributed by atoms with Gasteiger partial charge in [-0.2, -0.15) is 0 Å². The average molecular weight is 223 g/mol. The number of aryl methyl sites for hydroxylation is 1. The van der Waals surface area contributed by atoms with Crippen molar-refractivity contribution in [3.05, 3.63) is 35.4 Å². The van der Waals surface area contributed by atoms with E-state index in [1.54, 1.807) is 7.11 Å². The molecule has 1 rings (SSSR count). The van der Waals surface area contributed by atoms with Crippen molar-refractivity contribution in [1.29, 1.82) is 0 Å². The number of ether oxygens (including phenoxy) is 1. The third-order valence-corrected chi connectivity index (χ3v) is 2.67. The van der Waals surface area contributed by atoms with Crippen LogP contribution in [0.2, 0.25) is 0 Å².